The third-order valence-corrected chi connectivity index (χ3v) is 4.24. The molecule has 28 heavy (non-hydrogen) atoms. The molecule has 0 aliphatic rings. The molecule has 0 amide bonds. The molecule has 0 fully saturated rings. The topological polar surface area (TPSA) is 77.5 Å². The summed E-state index contributed by atoms with van der Waals surface area (Å²) in [5.41, 5.74) is 1.91. The Bertz CT molecular complexity index is 894. The van der Waals surface area contributed by atoms with Gasteiger partial charge < -0.3 is 24.8 Å². The molecule has 1 atom stereocenters. The van der Waals surface area contributed by atoms with Crippen molar-refractivity contribution in [3.8, 4) is 17.2 Å². The Labute approximate surface area is 164 Å². The lowest BCUT2D eigenvalue weighted by Crippen LogP contribution is -2.09. The zero-order valence-corrected chi connectivity index (χ0v) is 16.4. The quantitative estimate of drug-likeness (QED) is 0.599. The molecule has 0 saturated heterocycles. The van der Waals surface area contributed by atoms with Gasteiger partial charge in [0, 0.05) is 30.1 Å². The van der Waals surface area contributed by atoms with E-state index in [9.17, 15) is 0 Å². The number of aromatic nitrogens is 2. The Morgan fingerprint density at radius 1 is 0.893 bits per heavy atom. The summed E-state index contributed by atoms with van der Waals surface area (Å²) in [4.78, 5) is 8.83. The lowest BCUT2D eigenvalue weighted by molar-refractivity contribution is 0.324. The van der Waals surface area contributed by atoms with Gasteiger partial charge in [-0.2, -0.15) is 4.98 Å². The normalized spacial score (nSPS) is 11.4. The number of hydrogen-bond acceptors (Lipinski definition) is 7. The maximum Gasteiger partial charge on any atom is 0.229 e. The van der Waals surface area contributed by atoms with Crippen LogP contribution in [0.25, 0.3) is 0 Å². The number of ether oxygens (including phenoxy) is 3. The molecule has 0 radical (unpaired) electrons. The molecule has 0 saturated carbocycles. The second-order valence-corrected chi connectivity index (χ2v) is 6.08. The zero-order valence-electron chi connectivity index (χ0n) is 16.4. The summed E-state index contributed by atoms with van der Waals surface area (Å²) in [5.74, 6) is 2.82. The van der Waals surface area contributed by atoms with Crippen molar-refractivity contribution in [3.05, 3.63) is 60.3 Å². The van der Waals surface area contributed by atoms with Gasteiger partial charge in [0.2, 0.25) is 11.7 Å². The monoisotopic (exact) mass is 380 g/mol. The predicted molar refractivity (Wildman–Crippen MR) is 110 cm³/mol. The van der Waals surface area contributed by atoms with Crippen LogP contribution in [0.1, 0.15) is 18.5 Å². The SMILES string of the molecule is COc1cc(Nc2nccc(NC(C)c3ccccc3)n2)cc(OC)c1OC. The molecule has 1 heterocycles. The van der Waals surface area contributed by atoms with Crippen molar-refractivity contribution in [1.29, 1.82) is 0 Å². The van der Waals surface area contributed by atoms with Gasteiger partial charge in [-0.3, -0.25) is 0 Å². The highest BCUT2D eigenvalue weighted by Gasteiger charge is 2.14. The van der Waals surface area contributed by atoms with Crippen molar-refractivity contribution in [1.82, 2.24) is 9.97 Å². The molecular weight excluding hydrogens is 356 g/mol. The predicted octanol–water partition coefficient (Wildman–Crippen LogP) is 4.42. The molecule has 0 aliphatic heterocycles. The van der Waals surface area contributed by atoms with Crippen LogP contribution in [-0.2, 0) is 0 Å². The van der Waals surface area contributed by atoms with Gasteiger partial charge in [0.1, 0.15) is 5.82 Å². The van der Waals surface area contributed by atoms with Crippen molar-refractivity contribution < 1.29 is 14.2 Å². The molecule has 3 rings (SSSR count). The summed E-state index contributed by atoms with van der Waals surface area (Å²) in [6.45, 7) is 2.09. The van der Waals surface area contributed by atoms with E-state index in [4.69, 9.17) is 14.2 Å². The van der Waals surface area contributed by atoms with Crippen molar-refractivity contribution in [2.75, 3.05) is 32.0 Å². The molecular formula is C21H24N4O3. The lowest BCUT2D eigenvalue weighted by Gasteiger charge is -2.16. The van der Waals surface area contributed by atoms with Crippen molar-refractivity contribution in [2.24, 2.45) is 0 Å². The van der Waals surface area contributed by atoms with Crippen LogP contribution < -0.4 is 24.8 Å². The Morgan fingerprint density at radius 3 is 2.18 bits per heavy atom. The Kier molecular flexibility index (Phi) is 6.16. The van der Waals surface area contributed by atoms with Gasteiger partial charge in [-0.05, 0) is 18.6 Å². The Balaban J connectivity index is 1.79. The molecule has 3 aromatic rings. The Morgan fingerprint density at radius 2 is 1.57 bits per heavy atom. The number of methoxy groups -OCH3 is 3. The average Bonchev–Trinajstić information content (AvgIpc) is 2.73. The maximum atomic E-state index is 5.38. The third-order valence-electron chi connectivity index (χ3n) is 4.24. The highest BCUT2D eigenvalue weighted by Crippen LogP contribution is 2.40. The highest BCUT2D eigenvalue weighted by molar-refractivity contribution is 5.66. The standard InChI is InChI=1S/C21H24N4O3/c1-14(15-8-6-5-7-9-15)23-19-10-11-22-21(25-19)24-16-12-17(26-2)20(28-4)18(13-16)27-3/h5-14H,1-4H3,(H2,22,23,24,25). The summed E-state index contributed by atoms with van der Waals surface area (Å²) in [5, 5.41) is 6.57. The van der Waals surface area contributed by atoms with Gasteiger partial charge in [0.15, 0.2) is 11.5 Å². The fraction of sp³-hybridized carbons (Fsp3) is 0.238. The van der Waals surface area contributed by atoms with Crippen LogP contribution in [0, 0.1) is 0 Å². The molecule has 7 heteroatoms. The summed E-state index contributed by atoms with van der Waals surface area (Å²) in [7, 11) is 4.72. The second-order valence-electron chi connectivity index (χ2n) is 6.08. The average molecular weight is 380 g/mol. The number of nitrogens with one attached hydrogen (secondary N) is 2. The number of nitrogens with zero attached hydrogens (tertiary/aromatic N) is 2. The van der Waals surface area contributed by atoms with Gasteiger partial charge >= 0.3 is 0 Å². The molecule has 2 N–H and O–H groups in total. The molecule has 1 aromatic heterocycles. The van der Waals surface area contributed by atoms with Gasteiger partial charge in [-0.25, -0.2) is 4.98 Å². The van der Waals surface area contributed by atoms with Crippen molar-refractivity contribution in [3.63, 3.8) is 0 Å². The summed E-state index contributed by atoms with van der Waals surface area (Å²) in [6, 6.07) is 15.7. The largest absolute Gasteiger partial charge is 0.493 e. The van der Waals surface area contributed by atoms with E-state index in [-0.39, 0.29) is 6.04 Å². The summed E-state index contributed by atoms with van der Waals surface area (Å²) < 4.78 is 16.1. The molecule has 0 spiro atoms. The van der Waals surface area contributed by atoms with E-state index in [1.54, 1.807) is 39.7 Å². The first-order valence-electron chi connectivity index (χ1n) is 8.86. The van der Waals surface area contributed by atoms with Crippen LogP contribution in [0.15, 0.2) is 54.7 Å². The summed E-state index contributed by atoms with van der Waals surface area (Å²) in [6.07, 6.45) is 1.70. The summed E-state index contributed by atoms with van der Waals surface area (Å²) >= 11 is 0. The minimum absolute atomic E-state index is 0.116. The highest BCUT2D eigenvalue weighted by atomic mass is 16.5. The van der Waals surface area contributed by atoms with E-state index >= 15 is 0 Å². The van der Waals surface area contributed by atoms with Crippen molar-refractivity contribution in [2.45, 2.75) is 13.0 Å². The minimum Gasteiger partial charge on any atom is -0.493 e. The van der Waals surface area contributed by atoms with E-state index in [1.165, 1.54) is 5.56 Å². The van der Waals surface area contributed by atoms with Crippen LogP contribution in [0.5, 0.6) is 17.2 Å². The fourth-order valence-corrected chi connectivity index (χ4v) is 2.83. The maximum absolute atomic E-state index is 5.38. The van der Waals surface area contributed by atoms with Gasteiger partial charge in [0.25, 0.3) is 0 Å². The number of benzene rings is 2. The van der Waals surface area contributed by atoms with Gasteiger partial charge in [-0.1, -0.05) is 30.3 Å². The Hall–Kier alpha value is -3.48. The fourth-order valence-electron chi connectivity index (χ4n) is 2.83. The number of hydrogen-bond donors (Lipinski definition) is 2. The first-order chi connectivity index (χ1) is 13.6. The van der Waals surface area contributed by atoms with E-state index in [2.05, 4.69) is 39.7 Å². The van der Waals surface area contributed by atoms with E-state index in [1.807, 2.05) is 24.3 Å². The molecule has 1 unspecified atom stereocenters. The number of anilines is 3. The second kappa shape index (κ2) is 8.94. The van der Waals surface area contributed by atoms with Gasteiger partial charge in [-0.15, -0.1) is 0 Å². The smallest absolute Gasteiger partial charge is 0.229 e. The molecule has 2 aromatic carbocycles. The molecule has 146 valence electrons. The first kappa shape index (κ1) is 19.3. The van der Waals surface area contributed by atoms with Crippen LogP contribution in [-0.4, -0.2) is 31.3 Å². The van der Waals surface area contributed by atoms with Crippen LogP contribution in [0.4, 0.5) is 17.5 Å². The molecule has 0 bridgehead atoms. The van der Waals surface area contributed by atoms with Crippen LogP contribution in [0.2, 0.25) is 0 Å². The van der Waals surface area contributed by atoms with Crippen LogP contribution >= 0.6 is 0 Å². The lowest BCUT2D eigenvalue weighted by atomic mass is 10.1. The van der Waals surface area contributed by atoms with Crippen molar-refractivity contribution >= 4 is 17.5 Å². The van der Waals surface area contributed by atoms with E-state index < -0.39 is 0 Å². The minimum atomic E-state index is 0.116. The number of rotatable bonds is 8. The van der Waals surface area contributed by atoms with E-state index in [0.717, 1.165) is 11.5 Å². The van der Waals surface area contributed by atoms with Crippen LogP contribution in [0.3, 0.4) is 0 Å². The molecule has 7 nitrogen and oxygen atoms in total. The van der Waals surface area contributed by atoms with Gasteiger partial charge in [0.05, 0.1) is 21.3 Å². The molecule has 0 aliphatic carbocycles. The third kappa shape index (κ3) is 4.43. The first-order valence-corrected chi connectivity index (χ1v) is 8.86. The van der Waals surface area contributed by atoms with E-state index in [0.29, 0.717) is 23.2 Å². The zero-order chi connectivity index (χ0) is 19.9.